The number of hydrogen-bond donors (Lipinski definition) is 2. The first-order valence-electron chi connectivity index (χ1n) is 9.72. The van der Waals surface area contributed by atoms with E-state index in [1.165, 1.54) is 50.4 Å². The van der Waals surface area contributed by atoms with Crippen LogP contribution in [0.1, 0.15) is 12.5 Å². The molecular formula is C21H18ClN5O7S. The number of benzene rings is 3. The van der Waals surface area contributed by atoms with Crippen molar-refractivity contribution < 1.29 is 23.0 Å². The summed E-state index contributed by atoms with van der Waals surface area (Å²) in [5, 5.41) is 26.4. The van der Waals surface area contributed by atoms with Gasteiger partial charge in [-0.3, -0.25) is 30.4 Å². The summed E-state index contributed by atoms with van der Waals surface area (Å²) < 4.78 is 33.6. The van der Waals surface area contributed by atoms with E-state index in [-0.39, 0.29) is 27.8 Å². The fourth-order valence-corrected chi connectivity index (χ4v) is 4.32. The molecule has 0 atom stereocenters. The minimum Gasteiger partial charge on any atom is -0.497 e. The van der Waals surface area contributed by atoms with Crippen LogP contribution in [0.25, 0.3) is 0 Å². The Kier molecular flexibility index (Phi) is 7.52. The Balaban J connectivity index is 1.97. The molecule has 0 spiro atoms. The summed E-state index contributed by atoms with van der Waals surface area (Å²) in [5.74, 6) is 0.512. The molecule has 0 aliphatic heterocycles. The minimum atomic E-state index is -4.29. The van der Waals surface area contributed by atoms with E-state index in [1.807, 2.05) is 0 Å². The van der Waals surface area contributed by atoms with Gasteiger partial charge in [0.2, 0.25) is 0 Å². The van der Waals surface area contributed by atoms with E-state index in [0.29, 0.717) is 11.3 Å². The van der Waals surface area contributed by atoms with Crippen LogP contribution in [-0.4, -0.2) is 31.1 Å². The molecule has 0 aromatic heterocycles. The van der Waals surface area contributed by atoms with E-state index in [0.717, 1.165) is 12.1 Å². The average Bonchev–Trinajstić information content (AvgIpc) is 2.82. The maximum absolute atomic E-state index is 13.1. The second-order valence-electron chi connectivity index (χ2n) is 7.00. The predicted octanol–water partition coefficient (Wildman–Crippen LogP) is 4.80. The van der Waals surface area contributed by atoms with Crippen LogP contribution in [0, 0.1) is 20.2 Å². The molecule has 0 aliphatic carbocycles. The fraction of sp³-hybridized carbons (Fsp3) is 0.0952. The van der Waals surface area contributed by atoms with Crippen LogP contribution in [0.5, 0.6) is 5.75 Å². The molecular weight excluding hydrogens is 502 g/mol. The molecule has 3 rings (SSSR count). The lowest BCUT2D eigenvalue weighted by atomic mass is 10.1. The van der Waals surface area contributed by atoms with Gasteiger partial charge in [-0.2, -0.15) is 5.10 Å². The van der Waals surface area contributed by atoms with Crippen molar-refractivity contribution in [2.45, 2.75) is 11.8 Å². The predicted molar refractivity (Wildman–Crippen MR) is 131 cm³/mol. The van der Waals surface area contributed by atoms with Crippen LogP contribution in [0.4, 0.5) is 22.7 Å². The van der Waals surface area contributed by atoms with Crippen LogP contribution in [0.15, 0.2) is 70.7 Å². The highest BCUT2D eigenvalue weighted by Crippen LogP contribution is 2.29. The summed E-state index contributed by atoms with van der Waals surface area (Å²) >= 11 is 5.83. The van der Waals surface area contributed by atoms with Crippen molar-refractivity contribution in [3.8, 4) is 5.75 Å². The Morgan fingerprint density at radius 3 is 2.29 bits per heavy atom. The second-order valence-corrected chi connectivity index (χ2v) is 9.06. The molecule has 0 fully saturated rings. The van der Waals surface area contributed by atoms with Gasteiger partial charge < -0.3 is 4.74 Å². The first-order valence-corrected chi connectivity index (χ1v) is 11.6. The zero-order chi connectivity index (χ0) is 25.8. The van der Waals surface area contributed by atoms with E-state index < -0.39 is 30.5 Å². The molecule has 0 bridgehead atoms. The van der Waals surface area contributed by atoms with Crippen molar-refractivity contribution in [2.75, 3.05) is 17.3 Å². The molecule has 3 aromatic rings. The third kappa shape index (κ3) is 6.02. The third-order valence-corrected chi connectivity index (χ3v) is 6.45. The number of nitro benzene ring substituents is 2. The summed E-state index contributed by atoms with van der Waals surface area (Å²) in [7, 11) is -2.83. The fourth-order valence-electron chi connectivity index (χ4n) is 2.89. The smallest absolute Gasteiger partial charge is 0.288 e. The van der Waals surface area contributed by atoms with Gasteiger partial charge in [0.25, 0.3) is 21.4 Å². The lowest BCUT2D eigenvalue weighted by molar-refractivity contribution is -0.385. The molecule has 12 nitrogen and oxygen atoms in total. The standard InChI is InChI=1S/C21H18ClN5O7S/c1-13(14-3-9-18(22)20(11-14)27(30)31)23-24-19-10-6-16(26(28)29)12-21(19)35(32,33)25-15-4-7-17(34-2)8-5-15/h3-12,24-25H,1-2H3/b23-13-. The van der Waals surface area contributed by atoms with Crippen LogP contribution < -0.4 is 14.9 Å². The monoisotopic (exact) mass is 519 g/mol. The molecule has 0 unspecified atom stereocenters. The first-order chi connectivity index (χ1) is 16.5. The summed E-state index contributed by atoms with van der Waals surface area (Å²) in [6.45, 7) is 1.54. The maximum Gasteiger partial charge on any atom is 0.288 e. The van der Waals surface area contributed by atoms with Gasteiger partial charge in [-0.25, -0.2) is 8.42 Å². The maximum atomic E-state index is 13.1. The number of nitro groups is 2. The number of hydrogen-bond acceptors (Lipinski definition) is 9. The molecule has 0 saturated heterocycles. The SMILES string of the molecule is COc1ccc(NS(=O)(=O)c2cc([N+](=O)[O-])ccc2N/N=C(/C)c2ccc(Cl)c([N+](=O)[O-])c2)cc1. The highest BCUT2D eigenvalue weighted by atomic mass is 35.5. The minimum absolute atomic E-state index is 0.0483. The van der Waals surface area contributed by atoms with Gasteiger partial charge in [-0.15, -0.1) is 0 Å². The van der Waals surface area contributed by atoms with E-state index in [9.17, 15) is 28.6 Å². The summed E-state index contributed by atoms with van der Waals surface area (Å²) in [5.41, 5.74) is 2.59. The zero-order valence-corrected chi connectivity index (χ0v) is 19.8. The highest BCUT2D eigenvalue weighted by Gasteiger charge is 2.23. The molecule has 0 heterocycles. The number of rotatable bonds is 9. The highest BCUT2D eigenvalue weighted by molar-refractivity contribution is 7.92. The molecule has 0 radical (unpaired) electrons. The third-order valence-electron chi connectivity index (χ3n) is 4.71. The van der Waals surface area contributed by atoms with Gasteiger partial charge in [0, 0.05) is 29.4 Å². The number of anilines is 2. The summed E-state index contributed by atoms with van der Waals surface area (Å²) in [4.78, 5) is 20.6. The topological polar surface area (TPSA) is 166 Å². The van der Waals surface area contributed by atoms with Gasteiger partial charge >= 0.3 is 0 Å². The Morgan fingerprint density at radius 1 is 1.00 bits per heavy atom. The molecule has 0 aliphatic rings. The molecule has 35 heavy (non-hydrogen) atoms. The average molecular weight is 520 g/mol. The van der Waals surface area contributed by atoms with Crippen molar-refractivity contribution in [3.63, 3.8) is 0 Å². The molecule has 182 valence electrons. The Labute approximate surface area is 204 Å². The second kappa shape index (κ2) is 10.4. The van der Waals surface area contributed by atoms with E-state index in [4.69, 9.17) is 16.3 Å². The van der Waals surface area contributed by atoms with Crippen molar-refractivity contribution in [3.05, 3.63) is 91.5 Å². The van der Waals surface area contributed by atoms with Crippen molar-refractivity contribution in [2.24, 2.45) is 5.10 Å². The summed E-state index contributed by atoms with van der Waals surface area (Å²) in [6.07, 6.45) is 0. The number of non-ortho nitro benzene ring substituents is 1. The van der Waals surface area contributed by atoms with Crippen molar-refractivity contribution in [1.82, 2.24) is 0 Å². The first kappa shape index (κ1) is 25.4. The number of sulfonamides is 1. The van der Waals surface area contributed by atoms with E-state index in [1.54, 1.807) is 12.1 Å². The largest absolute Gasteiger partial charge is 0.497 e. The van der Waals surface area contributed by atoms with Crippen LogP contribution in [0.3, 0.4) is 0 Å². The van der Waals surface area contributed by atoms with Crippen LogP contribution >= 0.6 is 11.6 Å². The molecule has 14 heteroatoms. The quantitative estimate of drug-likeness (QED) is 0.231. The lowest BCUT2D eigenvalue weighted by Crippen LogP contribution is -2.15. The molecule has 0 amide bonds. The number of halogens is 1. The van der Waals surface area contributed by atoms with E-state index in [2.05, 4.69) is 15.2 Å². The number of ether oxygens (including phenoxy) is 1. The van der Waals surface area contributed by atoms with Gasteiger partial charge in [0.15, 0.2) is 0 Å². The van der Waals surface area contributed by atoms with Crippen LogP contribution in [0.2, 0.25) is 5.02 Å². The number of methoxy groups -OCH3 is 1. The van der Waals surface area contributed by atoms with Gasteiger partial charge in [-0.1, -0.05) is 17.7 Å². The van der Waals surface area contributed by atoms with Gasteiger partial charge in [-0.05, 0) is 43.3 Å². The summed E-state index contributed by atoms with van der Waals surface area (Å²) in [6, 6.07) is 13.3. The molecule has 2 N–H and O–H groups in total. The van der Waals surface area contributed by atoms with E-state index >= 15 is 0 Å². The van der Waals surface area contributed by atoms with Gasteiger partial charge in [0.1, 0.15) is 15.7 Å². The molecule has 3 aromatic carbocycles. The van der Waals surface area contributed by atoms with Gasteiger partial charge in [0.05, 0.1) is 28.4 Å². The van der Waals surface area contributed by atoms with Crippen molar-refractivity contribution >= 4 is 50.1 Å². The number of nitrogens with zero attached hydrogens (tertiary/aromatic N) is 3. The zero-order valence-electron chi connectivity index (χ0n) is 18.3. The lowest BCUT2D eigenvalue weighted by Gasteiger charge is -2.13. The normalized spacial score (nSPS) is 11.6. The Hall–Kier alpha value is -4.23. The number of hydrazone groups is 1. The Bertz CT molecular complexity index is 1430. The van der Waals surface area contributed by atoms with Crippen LogP contribution in [-0.2, 0) is 10.0 Å². The number of nitrogens with one attached hydrogen (secondary N) is 2. The molecule has 0 saturated carbocycles. The van der Waals surface area contributed by atoms with Crippen molar-refractivity contribution in [1.29, 1.82) is 0 Å². The Morgan fingerprint density at radius 2 is 1.69 bits per heavy atom.